The molecule has 17 heavy (non-hydrogen) atoms. The van der Waals surface area contributed by atoms with E-state index in [0.717, 1.165) is 12.2 Å². The summed E-state index contributed by atoms with van der Waals surface area (Å²) in [6, 6.07) is 5.59. The summed E-state index contributed by atoms with van der Waals surface area (Å²) < 4.78 is 6.06. The van der Waals surface area contributed by atoms with Crippen LogP contribution >= 0.6 is 11.6 Å². The second-order valence-electron chi connectivity index (χ2n) is 4.76. The van der Waals surface area contributed by atoms with Crippen molar-refractivity contribution in [2.24, 2.45) is 5.92 Å². The highest BCUT2D eigenvalue weighted by molar-refractivity contribution is 6.33. The molecule has 1 fully saturated rings. The zero-order valence-electron chi connectivity index (χ0n) is 10.3. The molecule has 3 heteroatoms. The summed E-state index contributed by atoms with van der Waals surface area (Å²) in [4.78, 5) is 0. The second-order valence-corrected chi connectivity index (χ2v) is 5.17. The molecule has 0 spiro atoms. The van der Waals surface area contributed by atoms with Gasteiger partial charge < -0.3 is 10.5 Å². The summed E-state index contributed by atoms with van der Waals surface area (Å²) in [6.07, 6.45) is 6.44. The van der Waals surface area contributed by atoms with Crippen LogP contribution in [0, 0.1) is 5.92 Å². The molecule has 2 rings (SSSR count). The van der Waals surface area contributed by atoms with Crippen LogP contribution < -0.4 is 10.5 Å². The zero-order chi connectivity index (χ0) is 12.3. The molecular weight excluding hydrogens is 234 g/mol. The highest BCUT2D eigenvalue weighted by atomic mass is 35.5. The number of hydrogen-bond acceptors (Lipinski definition) is 2. The Morgan fingerprint density at radius 1 is 1.35 bits per heavy atom. The third kappa shape index (κ3) is 2.86. The van der Waals surface area contributed by atoms with Gasteiger partial charge in [0.05, 0.1) is 10.7 Å². The molecule has 0 aliphatic heterocycles. The van der Waals surface area contributed by atoms with Crippen molar-refractivity contribution in [2.45, 2.75) is 45.1 Å². The Kier molecular flexibility index (Phi) is 4.16. The Bertz CT molecular complexity index is 380. The predicted octanol–water partition coefficient (Wildman–Crippen LogP) is 4.27. The van der Waals surface area contributed by atoms with E-state index in [0.29, 0.717) is 22.7 Å². The molecule has 0 heterocycles. The van der Waals surface area contributed by atoms with Crippen molar-refractivity contribution in [1.82, 2.24) is 0 Å². The van der Waals surface area contributed by atoms with Gasteiger partial charge >= 0.3 is 0 Å². The van der Waals surface area contributed by atoms with Crippen molar-refractivity contribution < 1.29 is 4.74 Å². The predicted molar refractivity (Wildman–Crippen MR) is 72.5 cm³/mol. The number of anilines is 1. The molecule has 1 saturated carbocycles. The van der Waals surface area contributed by atoms with Gasteiger partial charge in [0, 0.05) is 0 Å². The molecule has 1 aliphatic rings. The van der Waals surface area contributed by atoms with Crippen molar-refractivity contribution >= 4 is 17.3 Å². The quantitative estimate of drug-likeness (QED) is 0.817. The van der Waals surface area contributed by atoms with Crippen LogP contribution in [-0.2, 0) is 0 Å². The summed E-state index contributed by atoms with van der Waals surface area (Å²) in [5.74, 6) is 1.39. The van der Waals surface area contributed by atoms with Gasteiger partial charge in [-0.2, -0.15) is 0 Å². The number of hydrogen-bond donors (Lipinski definition) is 1. The minimum atomic E-state index is 0.300. The monoisotopic (exact) mass is 253 g/mol. The van der Waals surface area contributed by atoms with Gasteiger partial charge in [-0.3, -0.25) is 0 Å². The topological polar surface area (TPSA) is 35.2 Å². The van der Waals surface area contributed by atoms with E-state index in [1.54, 1.807) is 6.07 Å². The Morgan fingerprint density at radius 2 is 2.12 bits per heavy atom. The fourth-order valence-corrected chi connectivity index (χ4v) is 2.74. The van der Waals surface area contributed by atoms with Gasteiger partial charge in [-0.25, -0.2) is 0 Å². The highest BCUT2D eigenvalue weighted by Crippen LogP contribution is 2.34. The highest BCUT2D eigenvalue weighted by Gasteiger charge is 2.25. The van der Waals surface area contributed by atoms with E-state index >= 15 is 0 Å². The lowest BCUT2D eigenvalue weighted by molar-refractivity contribution is 0.0911. The lowest BCUT2D eigenvalue weighted by Crippen LogP contribution is -2.30. The number of ether oxygens (including phenoxy) is 1. The van der Waals surface area contributed by atoms with Crippen LogP contribution in [0.5, 0.6) is 5.75 Å². The normalized spacial score (nSPS) is 24.6. The maximum Gasteiger partial charge on any atom is 0.144 e. The lowest BCUT2D eigenvalue weighted by Gasteiger charge is -2.31. The van der Waals surface area contributed by atoms with Gasteiger partial charge in [0.15, 0.2) is 0 Å². The van der Waals surface area contributed by atoms with Crippen LogP contribution in [0.25, 0.3) is 0 Å². The second kappa shape index (κ2) is 5.63. The van der Waals surface area contributed by atoms with Crippen molar-refractivity contribution in [3.8, 4) is 5.75 Å². The first-order valence-electron chi connectivity index (χ1n) is 6.43. The third-order valence-electron chi connectivity index (χ3n) is 3.65. The molecule has 94 valence electrons. The summed E-state index contributed by atoms with van der Waals surface area (Å²) >= 11 is 6.00. The molecule has 2 unspecified atom stereocenters. The molecule has 1 aromatic carbocycles. The van der Waals surface area contributed by atoms with Crippen molar-refractivity contribution in [1.29, 1.82) is 0 Å². The first kappa shape index (κ1) is 12.6. The number of nitrogen functional groups attached to an aromatic ring is 1. The van der Waals surface area contributed by atoms with Gasteiger partial charge in [-0.05, 0) is 43.7 Å². The number of benzene rings is 1. The van der Waals surface area contributed by atoms with Gasteiger partial charge in [-0.15, -0.1) is 0 Å². The Balaban J connectivity index is 2.11. The SMILES string of the molecule is CCC1CCCCC1Oc1cccc(Cl)c1N. The summed E-state index contributed by atoms with van der Waals surface area (Å²) in [6.45, 7) is 2.23. The summed E-state index contributed by atoms with van der Waals surface area (Å²) in [7, 11) is 0. The molecule has 0 bridgehead atoms. The van der Waals surface area contributed by atoms with Crippen LogP contribution in [0.3, 0.4) is 0 Å². The van der Waals surface area contributed by atoms with E-state index in [2.05, 4.69) is 6.92 Å². The van der Waals surface area contributed by atoms with E-state index in [4.69, 9.17) is 22.1 Å². The molecule has 0 saturated heterocycles. The molecule has 2 nitrogen and oxygen atoms in total. The van der Waals surface area contributed by atoms with E-state index in [-0.39, 0.29) is 0 Å². The van der Waals surface area contributed by atoms with E-state index in [1.807, 2.05) is 12.1 Å². The maximum atomic E-state index is 6.06. The molecule has 0 amide bonds. The van der Waals surface area contributed by atoms with E-state index in [9.17, 15) is 0 Å². The first-order valence-corrected chi connectivity index (χ1v) is 6.80. The van der Waals surface area contributed by atoms with Crippen LogP contribution in [0.1, 0.15) is 39.0 Å². The van der Waals surface area contributed by atoms with Crippen molar-refractivity contribution in [3.63, 3.8) is 0 Å². The van der Waals surface area contributed by atoms with Crippen LogP contribution in [0.2, 0.25) is 5.02 Å². The van der Waals surface area contributed by atoms with Crippen molar-refractivity contribution in [2.75, 3.05) is 5.73 Å². The molecule has 0 radical (unpaired) electrons. The Morgan fingerprint density at radius 3 is 2.88 bits per heavy atom. The standard InChI is InChI=1S/C14H20ClNO/c1-2-10-6-3-4-8-12(10)17-13-9-5-7-11(15)14(13)16/h5,7,9-10,12H,2-4,6,8,16H2,1H3. The summed E-state index contributed by atoms with van der Waals surface area (Å²) in [5, 5.41) is 0.575. The zero-order valence-corrected chi connectivity index (χ0v) is 11.0. The Labute approximate surface area is 108 Å². The van der Waals surface area contributed by atoms with Gasteiger partial charge in [0.25, 0.3) is 0 Å². The minimum absolute atomic E-state index is 0.300. The lowest BCUT2D eigenvalue weighted by atomic mass is 9.85. The average molecular weight is 254 g/mol. The fourth-order valence-electron chi connectivity index (χ4n) is 2.58. The maximum absolute atomic E-state index is 6.06. The molecule has 2 N–H and O–H groups in total. The first-order chi connectivity index (χ1) is 8.22. The number of nitrogens with two attached hydrogens (primary N) is 1. The van der Waals surface area contributed by atoms with E-state index in [1.165, 1.54) is 25.7 Å². The van der Waals surface area contributed by atoms with E-state index < -0.39 is 0 Å². The minimum Gasteiger partial charge on any atom is -0.488 e. The van der Waals surface area contributed by atoms with Gasteiger partial charge in [0.2, 0.25) is 0 Å². The smallest absolute Gasteiger partial charge is 0.144 e. The number of halogens is 1. The largest absolute Gasteiger partial charge is 0.488 e. The van der Waals surface area contributed by atoms with Crippen LogP contribution in [-0.4, -0.2) is 6.10 Å². The van der Waals surface area contributed by atoms with Crippen LogP contribution in [0.15, 0.2) is 18.2 Å². The Hall–Kier alpha value is -0.890. The molecule has 0 aromatic heterocycles. The molecule has 1 aromatic rings. The molecule has 2 atom stereocenters. The van der Waals surface area contributed by atoms with Gasteiger partial charge in [-0.1, -0.05) is 31.0 Å². The fraction of sp³-hybridized carbons (Fsp3) is 0.571. The molecule has 1 aliphatic carbocycles. The average Bonchev–Trinajstić information content (AvgIpc) is 2.35. The number of rotatable bonds is 3. The van der Waals surface area contributed by atoms with Gasteiger partial charge in [0.1, 0.15) is 11.9 Å². The molecular formula is C14H20ClNO. The summed E-state index contributed by atoms with van der Waals surface area (Å²) in [5.41, 5.74) is 6.49. The van der Waals surface area contributed by atoms with Crippen LogP contribution in [0.4, 0.5) is 5.69 Å². The number of para-hydroxylation sites is 1. The van der Waals surface area contributed by atoms with Crippen molar-refractivity contribution in [3.05, 3.63) is 23.2 Å². The third-order valence-corrected chi connectivity index (χ3v) is 3.98.